The van der Waals surface area contributed by atoms with E-state index in [2.05, 4.69) is 0 Å². The zero-order chi connectivity index (χ0) is 11.8. The molecule has 0 aliphatic rings. The summed E-state index contributed by atoms with van der Waals surface area (Å²) in [6.07, 6.45) is 0. The van der Waals surface area contributed by atoms with Crippen molar-refractivity contribution in [3.63, 3.8) is 0 Å². The average molecular weight is 249 g/mol. The van der Waals surface area contributed by atoms with Gasteiger partial charge in [0.15, 0.2) is 0 Å². The van der Waals surface area contributed by atoms with E-state index in [9.17, 15) is 8.42 Å². The first-order valence-electron chi connectivity index (χ1n) is 4.38. The maximum atomic E-state index is 11.4. The number of hydrogen-bond acceptors (Lipinski definition) is 3. The van der Waals surface area contributed by atoms with Gasteiger partial charge in [-0.1, -0.05) is 6.07 Å². The van der Waals surface area contributed by atoms with E-state index in [0.717, 1.165) is 5.56 Å². The van der Waals surface area contributed by atoms with Crippen molar-refractivity contribution in [1.29, 1.82) is 0 Å². The van der Waals surface area contributed by atoms with E-state index >= 15 is 0 Å². The molecular weight excluding hydrogens is 236 g/mol. The highest BCUT2D eigenvalue weighted by molar-refractivity contribution is 8.13. The van der Waals surface area contributed by atoms with Crippen molar-refractivity contribution in [3.05, 3.63) is 22.8 Å². The van der Waals surface area contributed by atoms with Crippen LogP contribution in [0.4, 0.5) is 0 Å². The van der Waals surface area contributed by atoms with Gasteiger partial charge in [-0.05, 0) is 31.9 Å². The Hall–Kier alpha value is -0.740. The van der Waals surface area contributed by atoms with Crippen molar-refractivity contribution in [2.75, 3.05) is 7.11 Å². The van der Waals surface area contributed by atoms with Crippen molar-refractivity contribution in [1.82, 2.24) is 0 Å². The highest BCUT2D eigenvalue weighted by Crippen LogP contribution is 2.33. The number of halogens is 1. The summed E-state index contributed by atoms with van der Waals surface area (Å²) in [5.74, 6) is 0.569. The van der Waals surface area contributed by atoms with Crippen LogP contribution in [0.3, 0.4) is 0 Å². The minimum Gasteiger partial charge on any atom is -0.496 e. The molecule has 0 heterocycles. The molecule has 0 saturated carbocycles. The number of hydrogen-bond donors (Lipinski definition) is 0. The molecular formula is C10H13ClO3S. The number of rotatable bonds is 2. The predicted molar refractivity (Wildman–Crippen MR) is 60.2 cm³/mol. The van der Waals surface area contributed by atoms with Crippen molar-refractivity contribution >= 4 is 19.7 Å². The second-order valence-corrected chi connectivity index (χ2v) is 5.94. The molecule has 0 radical (unpaired) electrons. The number of benzene rings is 1. The predicted octanol–water partition coefficient (Wildman–Crippen LogP) is 2.55. The summed E-state index contributed by atoms with van der Waals surface area (Å²) in [5, 5.41) is 0. The van der Waals surface area contributed by atoms with Gasteiger partial charge in [0.25, 0.3) is 9.05 Å². The van der Waals surface area contributed by atoms with Gasteiger partial charge >= 0.3 is 0 Å². The molecule has 0 bridgehead atoms. The molecule has 1 rings (SSSR count). The first-order valence-corrected chi connectivity index (χ1v) is 6.69. The lowest BCUT2D eigenvalue weighted by atomic mass is 10.1. The summed E-state index contributed by atoms with van der Waals surface area (Å²) in [7, 11) is 3.15. The van der Waals surface area contributed by atoms with Crippen LogP contribution in [0.2, 0.25) is 0 Å². The van der Waals surface area contributed by atoms with E-state index in [4.69, 9.17) is 15.4 Å². The third-order valence-electron chi connectivity index (χ3n) is 2.28. The van der Waals surface area contributed by atoms with Gasteiger partial charge in [-0.2, -0.15) is 0 Å². The quantitative estimate of drug-likeness (QED) is 0.756. The molecule has 3 nitrogen and oxygen atoms in total. The molecule has 15 heavy (non-hydrogen) atoms. The minimum atomic E-state index is -3.72. The van der Waals surface area contributed by atoms with Gasteiger partial charge in [-0.25, -0.2) is 8.42 Å². The molecule has 0 aliphatic heterocycles. The van der Waals surface area contributed by atoms with E-state index < -0.39 is 9.05 Å². The normalized spacial score (nSPS) is 11.5. The zero-order valence-corrected chi connectivity index (χ0v) is 10.7. The molecule has 0 amide bonds. The lowest BCUT2D eigenvalue weighted by molar-refractivity contribution is 0.406. The molecule has 84 valence electrons. The molecule has 1 aromatic rings. The summed E-state index contributed by atoms with van der Waals surface area (Å²) in [4.78, 5) is 0.145. The van der Waals surface area contributed by atoms with Crippen LogP contribution in [-0.2, 0) is 9.05 Å². The summed E-state index contributed by atoms with van der Waals surface area (Å²) >= 11 is 0. The number of aryl methyl sites for hydroxylation is 2. The van der Waals surface area contributed by atoms with Crippen LogP contribution >= 0.6 is 10.7 Å². The summed E-state index contributed by atoms with van der Waals surface area (Å²) in [6, 6.07) is 1.75. The monoisotopic (exact) mass is 248 g/mol. The van der Waals surface area contributed by atoms with E-state index in [1.807, 2.05) is 6.92 Å². The zero-order valence-electron chi connectivity index (χ0n) is 9.09. The lowest BCUT2D eigenvalue weighted by Gasteiger charge is -2.13. The average Bonchev–Trinajstić information content (AvgIpc) is 2.00. The van der Waals surface area contributed by atoms with Gasteiger partial charge in [-0.3, -0.25) is 0 Å². The third kappa shape index (κ3) is 2.26. The van der Waals surface area contributed by atoms with Crippen LogP contribution in [0.25, 0.3) is 0 Å². The summed E-state index contributed by atoms with van der Waals surface area (Å²) in [6.45, 7) is 5.27. The molecule has 1 aromatic carbocycles. The summed E-state index contributed by atoms with van der Waals surface area (Å²) < 4.78 is 27.9. The van der Waals surface area contributed by atoms with Crippen LogP contribution < -0.4 is 4.74 Å². The Bertz CT molecular complexity index is 492. The fourth-order valence-electron chi connectivity index (χ4n) is 1.84. The second-order valence-electron chi connectivity index (χ2n) is 3.44. The Kier molecular flexibility index (Phi) is 3.31. The van der Waals surface area contributed by atoms with Crippen molar-refractivity contribution in [3.8, 4) is 5.75 Å². The topological polar surface area (TPSA) is 43.4 Å². The molecule has 0 spiro atoms. The van der Waals surface area contributed by atoms with Crippen molar-refractivity contribution in [2.45, 2.75) is 25.7 Å². The molecule has 0 saturated heterocycles. The van der Waals surface area contributed by atoms with Crippen LogP contribution in [0.5, 0.6) is 5.75 Å². The van der Waals surface area contributed by atoms with Crippen LogP contribution in [0, 0.1) is 20.8 Å². The Morgan fingerprint density at radius 3 is 2.13 bits per heavy atom. The smallest absolute Gasteiger partial charge is 0.261 e. The second kappa shape index (κ2) is 4.02. The Morgan fingerprint density at radius 2 is 1.73 bits per heavy atom. The van der Waals surface area contributed by atoms with E-state index in [-0.39, 0.29) is 4.90 Å². The molecule has 0 atom stereocenters. The first-order chi connectivity index (χ1) is 6.79. The number of ether oxygens (including phenoxy) is 1. The Morgan fingerprint density at radius 1 is 1.20 bits per heavy atom. The fraction of sp³-hybridized carbons (Fsp3) is 0.400. The molecule has 5 heteroatoms. The molecule has 0 aromatic heterocycles. The van der Waals surface area contributed by atoms with Gasteiger partial charge in [0.2, 0.25) is 0 Å². The van der Waals surface area contributed by atoms with Gasteiger partial charge in [0.1, 0.15) is 5.75 Å². The van der Waals surface area contributed by atoms with Gasteiger partial charge in [0.05, 0.1) is 12.0 Å². The largest absolute Gasteiger partial charge is 0.496 e. The molecule has 0 fully saturated rings. The van der Waals surface area contributed by atoms with Crippen LogP contribution in [-0.4, -0.2) is 15.5 Å². The van der Waals surface area contributed by atoms with Crippen LogP contribution in [0.1, 0.15) is 16.7 Å². The van der Waals surface area contributed by atoms with E-state index in [1.54, 1.807) is 19.9 Å². The first kappa shape index (κ1) is 12.3. The minimum absolute atomic E-state index is 0.145. The van der Waals surface area contributed by atoms with Crippen molar-refractivity contribution in [2.24, 2.45) is 0 Å². The molecule has 0 aliphatic carbocycles. The van der Waals surface area contributed by atoms with Gasteiger partial charge in [0, 0.05) is 16.2 Å². The van der Waals surface area contributed by atoms with Gasteiger partial charge in [-0.15, -0.1) is 0 Å². The Labute approximate surface area is 94.4 Å². The fourth-order valence-corrected chi connectivity index (χ4v) is 3.45. The Balaban J connectivity index is 3.68. The van der Waals surface area contributed by atoms with Crippen LogP contribution in [0.15, 0.2) is 11.0 Å². The van der Waals surface area contributed by atoms with Crippen molar-refractivity contribution < 1.29 is 13.2 Å². The highest BCUT2D eigenvalue weighted by Gasteiger charge is 2.20. The van der Waals surface area contributed by atoms with E-state index in [1.165, 1.54) is 7.11 Å². The van der Waals surface area contributed by atoms with Gasteiger partial charge < -0.3 is 4.74 Å². The maximum absolute atomic E-state index is 11.4. The number of methoxy groups -OCH3 is 1. The highest BCUT2D eigenvalue weighted by atomic mass is 35.7. The third-order valence-corrected chi connectivity index (χ3v) is 3.86. The maximum Gasteiger partial charge on any atom is 0.261 e. The standard InChI is InChI=1S/C10H13ClO3S/c1-6-5-7(2)10(15(11,12)13)8(3)9(6)14-4/h5H,1-4H3. The SMILES string of the molecule is COc1c(C)cc(C)c(S(=O)(=O)Cl)c1C. The lowest BCUT2D eigenvalue weighted by Crippen LogP contribution is -2.02. The molecule has 0 N–H and O–H groups in total. The molecule has 0 unspecified atom stereocenters. The van der Waals surface area contributed by atoms with E-state index in [0.29, 0.717) is 16.9 Å². The summed E-state index contributed by atoms with van der Waals surface area (Å²) in [5.41, 5.74) is 2.10.